The Labute approximate surface area is 186 Å². The second kappa shape index (κ2) is 9.75. The highest BCUT2D eigenvalue weighted by atomic mass is 16.5. The molecule has 0 bridgehead atoms. The van der Waals surface area contributed by atoms with Crippen LogP contribution >= 0.6 is 0 Å². The molecule has 0 fully saturated rings. The van der Waals surface area contributed by atoms with Gasteiger partial charge in [-0.3, -0.25) is 4.79 Å². The number of nitrogens with one attached hydrogen (secondary N) is 1. The summed E-state index contributed by atoms with van der Waals surface area (Å²) >= 11 is 0. The molecule has 0 radical (unpaired) electrons. The van der Waals surface area contributed by atoms with E-state index in [-0.39, 0.29) is 5.91 Å². The summed E-state index contributed by atoms with van der Waals surface area (Å²) in [6, 6.07) is 24.4. The first-order chi connectivity index (χ1) is 15.6. The monoisotopic (exact) mass is 425 g/mol. The fourth-order valence-corrected chi connectivity index (χ4v) is 3.13. The Kier molecular flexibility index (Phi) is 6.41. The summed E-state index contributed by atoms with van der Waals surface area (Å²) in [5.74, 6) is 1.52. The third-order valence-corrected chi connectivity index (χ3v) is 4.92. The van der Waals surface area contributed by atoms with Crippen molar-refractivity contribution in [3.63, 3.8) is 0 Å². The van der Waals surface area contributed by atoms with E-state index in [4.69, 9.17) is 9.47 Å². The van der Waals surface area contributed by atoms with Crippen LogP contribution in [0.25, 0.3) is 11.3 Å². The average Bonchev–Trinajstić information content (AvgIpc) is 2.84. The van der Waals surface area contributed by atoms with Crippen molar-refractivity contribution in [1.82, 2.24) is 15.3 Å². The van der Waals surface area contributed by atoms with Crippen molar-refractivity contribution in [1.29, 1.82) is 0 Å². The summed E-state index contributed by atoms with van der Waals surface area (Å²) in [5, 5.41) is 2.94. The lowest BCUT2D eigenvalue weighted by molar-refractivity contribution is 0.0950. The van der Waals surface area contributed by atoms with Crippen LogP contribution in [0.3, 0.4) is 0 Å². The molecule has 4 aromatic rings. The van der Waals surface area contributed by atoms with Crippen LogP contribution in [-0.4, -0.2) is 23.0 Å². The van der Waals surface area contributed by atoms with E-state index in [1.54, 1.807) is 37.4 Å². The van der Waals surface area contributed by atoms with Gasteiger partial charge in [-0.25, -0.2) is 9.97 Å². The first-order valence-electron chi connectivity index (χ1n) is 10.2. The molecule has 1 amide bonds. The van der Waals surface area contributed by atoms with Gasteiger partial charge in [-0.2, -0.15) is 0 Å². The third-order valence-electron chi connectivity index (χ3n) is 4.92. The van der Waals surface area contributed by atoms with E-state index in [1.807, 2.05) is 55.5 Å². The summed E-state index contributed by atoms with van der Waals surface area (Å²) in [7, 11) is 1.63. The Balaban J connectivity index is 1.44. The summed E-state index contributed by atoms with van der Waals surface area (Å²) in [6.45, 7) is 2.49. The normalized spacial score (nSPS) is 10.4. The molecule has 0 saturated heterocycles. The second-order valence-corrected chi connectivity index (χ2v) is 7.27. The van der Waals surface area contributed by atoms with Gasteiger partial charge in [0.15, 0.2) is 0 Å². The predicted octanol–water partition coefficient (Wildman–Crippen LogP) is 5.18. The number of aryl methyl sites for hydroxylation is 1. The van der Waals surface area contributed by atoms with Crippen molar-refractivity contribution in [3.05, 3.63) is 102 Å². The number of benzene rings is 3. The van der Waals surface area contributed by atoms with E-state index in [2.05, 4.69) is 15.3 Å². The maximum Gasteiger partial charge on any atom is 0.251 e. The molecule has 6 nitrogen and oxygen atoms in total. The summed E-state index contributed by atoms with van der Waals surface area (Å²) in [4.78, 5) is 21.1. The van der Waals surface area contributed by atoms with Gasteiger partial charge in [-0.15, -0.1) is 0 Å². The molecule has 4 rings (SSSR count). The Morgan fingerprint density at radius 1 is 0.906 bits per heavy atom. The van der Waals surface area contributed by atoms with E-state index < -0.39 is 0 Å². The van der Waals surface area contributed by atoms with Gasteiger partial charge in [0.25, 0.3) is 5.91 Å². The zero-order valence-electron chi connectivity index (χ0n) is 17.9. The molecule has 0 aliphatic carbocycles. The van der Waals surface area contributed by atoms with Crippen LogP contribution < -0.4 is 14.8 Å². The first kappa shape index (κ1) is 21.1. The fourth-order valence-electron chi connectivity index (χ4n) is 3.13. The maximum atomic E-state index is 12.6. The largest absolute Gasteiger partial charge is 0.497 e. The summed E-state index contributed by atoms with van der Waals surface area (Å²) < 4.78 is 11.1. The highest BCUT2D eigenvalue weighted by Gasteiger charge is 2.09. The van der Waals surface area contributed by atoms with Crippen molar-refractivity contribution < 1.29 is 14.3 Å². The molecule has 6 heteroatoms. The number of amides is 1. The van der Waals surface area contributed by atoms with Crippen molar-refractivity contribution in [2.45, 2.75) is 13.5 Å². The van der Waals surface area contributed by atoms with Crippen LogP contribution in [0.4, 0.5) is 0 Å². The lowest BCUT2D eigenvalue weighted by Crippen LogP contribution is -2.22. The van der Waals surface area contributed by atoms with Gasteiger partial charge in [-0.05, 0) is 55.0 Å². The number of aromatic nitrogens is 2. The minimum Gasteiger partial charge on any atom is -0.497 e. The Morgan fingerprint density at radius 3 is 2.44 bits per heavy atom. The molecule has 0 spiro atoms. The summed E-state index contributed by atoms with van der Waals surface area (Å²) in [5.41, 5.74) is 4.39. The standard InChI is InChI=1S/C26H23N3O3/c1-18-6-8-19(9-7-18)16-27-26(30)21-4-3-5-23(14-21)32-25-15-24(28-17-29-25)20-10-12-22(31-2)13-11-20/h3-15,17H,16H2,1-2H3,(H,27,30). The first-order valence-corrected chi connectivity index (χ1v) is 10.2. The topological polar surface area (TPSA) is 73.3 Å². The van der Waals surface area contributed by atoms with Gasteiger partial charge in [0.1, 0.15) is 17.8 Å². The molecule has 32 heavy (non-hydrogen) atoms. The van der Waals surface area contributed by atoms with Gasteiger partial charge in [-0.1, -0.05) is 35.9 Å². The minimum atomic E-state index is -0.169. The van der Waals surface area contributed by atoms with Gasteiger partial charge in [0, 0.05) is 23.7 Å². The number of ether oxygens (including phenoxy) is 2. The van der Waals surface area contributed by atoms with Gasteiger partial charge < -0.3 is 14.8 Å². The quantitative estimate of drug-likeness (QED) is 0.441. The van der Waals surface area contributed by atoms with Crippen LogP contribution in [0.5, 0.6) is 17.4 Å². The lowest BCUT2D eigenvalue weighted by atomic mass is 10.1. The van der Waals surface area contributed by atoms with Crippen LogP contribution in [0.1, 0.15) is 21.5 Å². The van der Waals surface area contributed by atoms with Gasteiger partial charge in [0.2, 0.25) is 5.88 Å². The summed E-state index contributed by atoms with van der Waals surface area (Å²) in [6.07, 6.45) is 1.45. The van der Waals surface area contributed by atoms with Gasteiger partial charge >= 0.3 is 0 Å². The molecular formula is C26H23N3O3. The van der Waals surface area contributed by atoms with Gasteiger partial charge in [0.05, 0.1) is 12.8 Å². The molecule has 160 valence electrons. The number of carbonyl (C=O) groups is 1. The van der Waals surface area contributed by atoms with Crippen molar-refractivity contribution in [2.24, 2.45) is 0 Å². The molecule has 0 saturated carbocycles. The molecule has 1 heterocycles. The van der Waals surface area contributed by atoms with Crippen molar-refractivity contribution in [2.75, 3.05) is 7.11 Å². The third kappa shape index (κ3) is 5.29. The molecule has 0 atom stereocenters. The minimum absolute atomic E-state index is 0.169. The zero-order chi connectivity index (χ0) is 22.3. The van der Waals surface area contributed by atoms with E-state index in [0.717, 1.165) is 22.6 Å². The Hall–Kier alpha value is -4.19. The Morgan fingerprint density at radius 2 is 1.69 bits per heavy atom. The van der Waals surface area contributed by atoms with E-state index in [1.165, 1.54) is 11.9 Å². The number of hydrogen-bond acceptors (Lipinski definition) is 5. The number of hydrogen-bond donors (Lipinski definition) is 1. The average molecular weight is 425 g/mol. The molecule has 1 aromatic heterocycles. The van der Waals surface area contributed by atoms with Crippen LogP contribution in [0, 0.1) is 6.92 Å². The smallest absolute Gasteiger partial charge is 0.251 e. The molecular weight excluding hydrogens is 402 g/mol. The highest BCUT2D eigenvalue weighted by Crippen LogP contribution is 2.25. The van der Waals surface area contributed by atoms with Crippen molar-refractivity contribution >= 4 is 5.91 Å². The molecule has 0 aliphatic heterocycles. The maximum absolute atomic E-state index is 12.6. The van der Waals surface area contributed by atoms with E-state index in [0.29, 0.717) is 23.7 Å². The van der Waals surface area contributed by atoms with Crippen LogP contribution in [0.2, 0.25) is 0 Å². The fraction of sp³-hybridized carbons (Fsp3) is 0.115. The number of rotatable bonds is 7. The zero-order valence-corrected chi connectivity index (χ0v) is 17.9. The van der Waals surface area contributed by atoms with Crippen LogP contribution in [0.15, 0.2) is 85.2 Å². The number of methoxy groups -OCH3 is 1. The highest BCUT2D eigenvalue weighted by molar-refractivity contribution is 5.94. The SMILES string of the molecule is COc1ccc(-c2cc(Oc3cccc(C(=O)NCc4ccc(C)cc4)c3)ncn2)cc1. The second-order valence-electron chi connectivity index (χ2n) is 7.27. The molecule has 0 aliphatic rings. The van der Waals surface area contributed by atoms with Crippen molar-refractivity contribution in [3.8, 4) is 28.6 Å². The molecule has 1 N–H and O–H groups in total. The van der Waals surface area contributed by atoms with Crippen LogP contribution in [-0.2, 0) is 6.54 Å². The molecule has 3 aromatic carbocycles. The predicted molar refractivity (Wildman–Crippen MR) is 123 cm³/mol. The molecule has 0 unspecified atom stereocenters. The lowest BCUT2D eigenvalue weighted by Gasteiger charge is -2.09. The Bertz CT molecular complexity index is 1210. The number of nitrogens with zero attached hydrogens (tertiary/aromatic N) is 2. The van der Waals surface area contributed by atoms with E-state index >= 15 is 0 Å². The number of carbonyl (C=O) groups excluding carboxylic acids is 1. The van der Waals surface area contributed by atoms with E-state index in [9.17, 15) is 4.79 Å².